The van der Waals surface area contributed by atoms with Crippen molar-refractivity contribution in [2.45, 2.75) is 38.8 Å². The van der Waals surface area contributed by atoms with Crippen LogP contribution in [0, 0.1) is 3.57 Å². The van der Waals surface area contributed by atoms with E-state index < -0.39 is 12.1 Å². The number of hydrogen-bond acceptors (Lipinski definition) is 2. The van der Waals surface area contributed by atoms with E-state index in [0.717, 1.165) is 15.7 Å². The van der Waals surface area contributed by atoms with Gasteiger partial charge in [-0.15, -0.1) is 0 Å². The first-order valence-electron chi connectivity index (χ1n) is 6.54. The first kappa shape index (κ1) is 15.6. The number of carbonyl (C=O) groups is 2. The van der Waals surface area contributed by atoms with E-state index in [-0.39, 0.29) is 11.8 Å². The van der Waals surface area contributed by atoms with Crippen LogP contribution in [0.2, 0.25) is 5.02 Å². The van der Waals surface area contributed by atoms with Gasteiger partial charge in [0, 0.05) is 8.59 Å². The average molecular weight is 407 g/mol. The first-order valence-corrected chi connectivity index (χ1v) is 8.00. The quantitative estimate of drug-likeness (QED) is 0.785. The van der Waals surface area contributed by atoms with E-state index in [1.807, 2.05) is 6.92 Å². The van der Waals surface area contributed by atoms with Gasteiger partial charge in [-0.05, 0) is 54.1 Å². The molecule has 2 atom stereocenters. The number of halogens is 2. The molecule has 0 radical (unpaired) electrons. The summed E-state index contributed by atoms with van der Waals surface area (Å²) >= 11 is 8.08. The summed E-state index contributed by atoms with van der Waals surface area (Å²) in [7, 11) is 0. The van der Waals surface area contributed by atoms with Crippen molar-refractivity contribution in [3.63, 3.8) is 0 Å². The van der Waals surface area contributed by atoms with Gasteiger partial charge >= 0.3 is 0 Å². The van der Waals surface area contributed by atoms with Crippen molar-refractivity contribution < 1.29 is 9.59 Å². The summed E-state index contributed by atoms with van der Waals surface area (Å²) in [4.78, 5) is 26.2. The predicted molar refractivity (Wildman–Crippen MR) is 88.0 cm³/mol. The third-order valence-electron chi connectivity index (χ3n) is 3.37. The molecule has 0 bridgehead atoms. The highest BCUT2D eigenvalue weighted by Gasteiger charge is 2.39. The van der Waals surface area contributed by atoms with Crippen LogP contribution in [0.1, 0.15) is 26.7 Å². The molecule has 1 aliphatic rings. The molecule has 2 amide bonds. The van der Waals surface area contributed by atoms with Gasteiger partial charge in [-0.1, -0.05) is 24.9 Å². The minimum absolute atomic E-state index is 0.0563. The molecule has 1 saturated heterocycles. The summed E-state index contributed by atoms with van der Waals surface area (Å²) < 4.78 is 0.861. The molecule has 0 spiro atoms. The van der Waals surface area contributed by atoms with Crippen LogP contribution in [0.5, 0.6) is 0 Å². The van der Waals surface area contributed by atoms with Crippen molar-refractivity contribution in [1.82, 2.24) is 5.32 Å². The lowest BCUT2D eigenvalue weighted by Gasteiger charge is -2.37. The maximum atomic E-state index is 12.6. The molecule has 1 aromatic rings. The summed E-state index contributed by atoms with van der Waals surface area (Å²) in [5.41, 5.74) is 0.739. The maximum Gasteiger partial charge on any atom is 0.250 e. The van der Waals surface area contributed by atoms with Gasteiger partial charge in [0.2, 0.25) is 11.8 Å². The highest BCUT2D eigenvalue weighted by molar-refractivity contribution is 14.1. The largest absolute Gasteiger partial charge is 0.342 e. The minimum Gasteiger partial charge on any atom is -0.342 e. The number of benzene rings is 1. The average Bonchev–Trinajstić information content (AvgIpc) is 2.39. The summed E-state index contributed by atoms with van der Waals surface area (Å²) in [6.07, 6.45) is 1.49. The van der Waals surface area contributed by atoms with Gasteiger partial charge in [0.25, 0.3) is 0 Å². The summed E-state index contributed by atoms with van der Waals surface area (Å²) in [6, 6.07) is 4.37. The van der Waals surface area contributed by atoms with Crippen LogP contribution < -0.4 is 10.2 Å². The highest BCUT2D eigenvalue weighted by Crippen LogP contribution is 2.29. The maximum absolute atomic E-state index is 12.6. The molecule has 4 nitrogen and oxygen atoms in total. The third kappa shape index (κ3) is 2.93. The molecule has 1 heterocycles. The number of rotatable bonds is 3. The second-order valence-electron chi connectivity index (χ2n) is 4.83. The Balaban J connectivity index is 2.40. The van der Waals surface area contributed by atoms with Gasteiger partial charge in [-0.2, -0.15) is 0 Å². The lowest BCUT2D eigenvalue weighted by atomic mass is 10.0. The molecule has 6 heteroatoms. The molecule has 2 unspecified atom stereocenters. The Morgan fingerprint density at radius 3 is 2.70 bits per heavy atom. The van der Waals surface area contributed by atoms with Crippen molar-refractivity contribution in [2.24, 2.45) is 0 Å². The second kappa shape index (κ2) is 6.30. The number of amides is 2. The van der Waals surface area contributed by atoms with E-state index in [1.165, 1.54) is 0 Å². The molecule has 1 fully saturated rings. The van der Waals surface area contributed by atoms with Crippen LogP contribution in [0.15, 0.2) is 18.2 Å². The third-order valence-corrected chi connectivity index (χ3v) is 4.46. The Labute approximate surface area is 137 Å². The Bertz CT molecular complexity index is 550. The van der Waals surface area contributed by atoms with Crippen molar-refractivity contribution in [3.05, 3.63) is 26.8 Å². The van der Waals surface area contributed by atoms with Crippen LogP contribution in [0.3, 0.4) is 0 Å². The van der Waals surface area contributed by atoms with Crippen molar-refractivity contribution in [1.29, 1.82) is 0 Å². The zero-order chi connectivity index (χ0) is 14.9. The van der Waals surface area contributed by atoms with Gasteiger partial charge in [0.05, 0.1) is 5.69 Å². The number of piperazine rings is 1. The van der Waals surface area contributed by atoms with Gasteiger partial charge in [-0.25, -0.2) is 0 Å². The van der Waals surface area contributed by atoms with Crippen LogP contribution in [0.4, 0.5) is 5.69 Å². The fourth-order valence-electron chi connectivity index (χ4n) is 2.32. The fraction of sp³-hybridized carbons (Fsp3) is 0.429. The summed E-state index contributed by atoms with van der Waals surface area (Å²) in [6.45, 7) is 3.73. The number of nitrogens with one attached hydrogen (secondary N) is 1. The molecule has 0 saturated carbocycles. The lowest BCUT2D eigenvalue weighted by molar-refractivity contribution is -0.133. The summed E-state index contributed by atoms with van der Waals surface area (Å²) in [5, 5.41) is 3.40. The number of anilines is 1. The normalized spacial score (nSPS) is 22.9. The number of nitrogens with zero attached hydrogens (tertiary/aromatic N) is 1. The number of hydrogen-bond donors (Lipinski definition) is 1. The highest BCUT2D eigenvalue weighted by atomic mass is 127. The predicted octanol–water partition coefficient (Wildman–Crippen LogP) is 2.96. The monoisotopic (exact) mass is 406 g/mol. The molecule has 1 aromatic carbocycles. The Kier molecular flexibility index (Phi) is 4.90. The smallest absolute Gasteiger partial charge is 0.250 e. The molecule has 20 heavy (non-hydrogen) atoms. The van der Waals surface area contributed by atoms with Gasteiger partial charge in [0.1, 0.15) is 12.1 Å². The standard InChI is InChI=1S/C14H16ClIN2O2/c1-3-4-11-14(20)18(8(2)13(19)17-11)12-6-5-9(15)7-10(12)16/h5-8,11H,3-4H2,1-2H3,(H,17,19). The minimum atomic E-state index is -0.509. The van der Waals surface area contributed by atoms with Crippen LogP contribution in [0.25, 0.3) is 0 Å². The van der Waals surface area contributed by atoms with Gasteiger partial charge in [0.15, 0.2) is 0 Å². The first-order chi connectivity index (χ1) is 9.45. The number of carbonyl (C=O) groups excluding carboxylic acids is 2. The van der Waals surface area contributed by atoms with Crippen molar-refractivity contribution in [3.8, 4) is 0 Å². The Morgan fingerprint density at radius 1 is 1.40 bits per heavy atom. The molecular weight excluding hydrogens is 391 g/mol. The topological polar surface area (TPSA) is 49.4 Å². The molecular formula is C14H16ClIN2O2. The molecule has 108 valence electrons. The lowest BCUT2D eigenvalue weighted by Crippen LogP contribution is -2.62. The van der Waals surface area contributed by atoms with E-state index in [4.69, 9.17) is 11.6 Å². The Morgan fingerprint density at radius 2 is 2.10 bits per heavy atom. The van der Waals surface area contributed by atoms with Gasteiger partial charge in [-0.3, -0.25) is 14.5 Å². The van der Waals surface area contributed by atoms with Crippen LogP contribution in [-0.4, -0.2) is 23.9 Å². The molecule has 1 aliphatic heterocycles. The van der Waals surface area contributed by atoms with E-state index in [0.29, 0.717) is 11.4 Å². The molecule has 1 N–H and O–H groups in total. The van der Waals surface area contributed by atoms with E-state index in [9.17, 15) is 9.59 Å². The van der Waals surface area contributed by atoms with Crippen LogP contribution in [-0.2, 0) is 9.59 Å². The van der Waals surface area contributed by atoms with Crippen molar-refractivity contribution in [2.75, 3.05) is 4.90 Å². The Hall–Kier alpha value is -0.820. The molecule has 0 aromatic heterocycles. The fourth-order valence-corrected chi connectivity index (χ4v) is 3.45. The zero-order valence-corrected chi connectivity index (χ0v) is 14.2. The SMILES string of the molecule is CCCC1NC(=O)C(C)N(c2ccc(Cl)cc2I)C1=O. The van der Waals surface area contributed by atoms with E-state index >= 15 is 0 Å². The molecule has 2 rings (SSSR count). The molecule has 0 aliphatic carbocycles. The summed E-state index contributed by atoms with van der Waals surface area (Å²) in [5.74, 6) is -0.173. The second-order valence-corrected chi connectivity index (χ2v) is 6.43. The van der Waals surface area contributed by atoms with Crippen molar-refractivity contribution >= 4 is 51.7 Å². The van der Waals surface area contributed by atoms with Gasteiger partial charge < -0.3 is 5.32 Å². The zero-order valence-electron chi connectivity index (χ0n) is 11.3. The van der Waals surface area contributed by atoms with E-state index in [2.05, 4.69) is 27.9 Å². The van der Waals surface area contributed by atoms with E-state index in [1.54, 1.807) is 30.0 Å². The van der Waals surface area contributed by atoms with Crippen LogP contribution >= 0.6 is 34.2 Å².